The average molecular weight is 353 g/mol. The number of amides is 1. The molecule has 1 amide bonds. The molecule has 0 radical (unpaired) electrons. The maximum absolute atomic E-state index is 12.5. The minimum absolute atomic E-state index is 0.0382. The summed E-state index contributed by atoms with van der Waals surface area (Å²) < 4.78 is 27.7. The monoisotopic (exact) mass is 353 g/mol. The molecule has 1 aliphatic heterocycles. The number of hydrogen-bond acceptors (Lipinski definition) is 4. The van der Waals surface area contributed by atoms with Crippen molar-refractivity contribution in [2.75, 3.05) is 26.7 Å². The highest BCUT2D eigenvalue weighted by Crippen LogP contribution is 2.21. The van der Waals surface area contributed by atoms with Crippen LogP contribution >= 0.6 is 0 Å². The molecule has 0 aliphatic carbocycles. The third-order valence-corrected chi connectivity index (χ3v) is 6.25. The third-order valence-electron chi connectivity index (χ3n) is 4.48. The highest BCUT2D eigenvalue weighted by molar-refractivity contribution is 7.89. The summed E-state index contributed by atoms with van der Waals surface area (Å²) in [7, 11) is -1.83. The fraction of sp³-hybridized carbons (Fsp3) is 0.588. The molecule has 1 aromatic carbocycles. The number of nitrogens with zero attached hydrogens (tertiary/aromatic N) is 1. The molecule has 2 N–H and O–H groups in total. The van der Waals surface area contributed by atoms with Gasteiger partial charge in [-0.2, -0.15) is 0 Å². The van der Waals surface area contributed by atoms with Gasteiger partial charge in [0.25, 0.3) is 0 Å². The molecule has 1 aromatic rings. The predicted octanol–water partition coefficient (Wildman–Crippen LogP) is 1.10. The van der Waals surface area contributed by atoms with Crippen LogP contribution in [0.25, 0.3) is 0 Å². The number of aryl methyl sites for hydroxylation is 3. The van der Waals surface area contributed by atoms with Crippen LogP contribution in [-0.2, 0) is 14.8 Å². The summed E-state index contributed by atoms with van der Waals surface area (Å²) in [6.45, 7) is 7.35. The van der Waals surface area contributed by atoms with Crippen LogP contribution in [0.15, 0.2) is 17.0 Å². The summed E-state index contributed by atoms with van der Waals surface area (Å²) in [4.78, 5) is 14.2. The van der Waals surface area contributed by atoms with Gasteiger partial charge in [0.1, 0.15) is 0 Å². The van der Waals surface area contributed by atoms with Crippen molar-refractivity contribution in [3.05, 3.63) is 28.8 Å². The Morgan fingerprint density at radius 3 is 2.46 bits per heavy atom. The van der Waals surface area contributed by atoms with Crippen molar-refractivity contribution >= 4 is 15.9 Å². The lowest BCUT2D eigenvalue weighted by molar-refractivity contribution is -0.131. The van der Waals surface area contributed by atoms with Crippen LogP contribution in [0, 0.1) is 20.8 Å². The summed E-state index contributed by atoms with van der Waals surface area (Å²) in [6, 6.07) is 3.91. The maximum atomic E-state index is 12.5. The van der Waals surface area contributed by atoms with E-state index in [1.54, 1.807) is 25.8 Å². The molecule has 1 saturated heterocycles. The van der Waals surface area contributed by atoms with Gasteiger partial charge in [-0.3, -0.25) is 4.79 Å². The molecule has 0 aromatic heterocycles. The first kappa shape index (κ1) is 18.9. The molecule has 2 rings (SSSR count). The molecule has 0 bridgehead atoms. The highest BCUT2D eigenvalue weighted by atomic mass is 32.2. The lowest BCUT2D eigenvalue weighted by Crippen LogP contribution is -2.40. The van der Waals surface area contributed by atoms with Gasteiger partial charge < -0.3 is 10.2 Å². The van der Waals surface area contributed by atoms with E-state index >= 15 is 0 Å². The number of nitrogens with one attached hydrogen (secondary N) is 2. The van der Waals surface area contributed by atoms with Crippen molar-refractivity contribution in [1.82, 2.24) is 14.9 Å². The lowest BCUT2D eigenvalue weighted by atomic mass is 10.1. The van der Waals surface area contributed by atoms with E-state index in [1.165, 1.54) is 0 Å². The Bertz CT molecular complexity index is 687. The van der Waals surface area contributed by atoms with E-state index in [0.29, 0.717) is 4.90 Å². The van der Waals surface area contributed by atoms with Gasteiger partial charge in [0.2, 0.25) is 15.9 Å². The van der Waals surface area contributed by atoms with Gasteiger partial charge in [-0.1, -0.05) is 17.7 Å². The Kier molecular flexibility index (Phi) is 6.01. The first-order chi connectivity index (χ1) is 11.2. The van der Waals surface area contributed by atoms with Crippen molar-refractivity contribution in [3.63, 3.8) is 0 Å². The van der Waals surface area contributed by atoms with E-state index < -0.39 is 10.0 Å². The summed E-state index contributed by atoms with van der Waals surface area (Å²) in [5.41, 5.74) is 2.48. The van der Waals surface area contributed by atoms with E-state index in [4.69, 9.17) is 0 Å². The summed E-state index contributed by atoms with van der Waals surface area (Å²) >= 11 is 0. The van der Waals surface area contributed by atoms with Crippen molar-refractivity contribution in [2.45, 2.75) is 44.6 Å². The van der Waals surface area contributed by atoms with E-state index in [0.717, 1.165) is 36.2 Å². The smallest absolute Gasteiger partial charge is 0.241 e. The Morgan fingerprint density at radius 1 is 1.29 bits per heavy atom. The van der Waals surface area contributed by atoms with Crippen LogP contribution in [0.4, 0.5) is 0 Å². The standard InChI is InChI=1S/C17H27N3O3S/c1-12-9-13(2)17(14(3)10-12)24(22,23)19-8-6-16(21)20(4)15-5-7-18-11-15/h9-10,15,18-19H,5-8,11H2,1-4H3. The fourth-order valence-electron chi connectivity index (χ4n) is 3.31. The van der Waals surface area contributed by atoms with Crippen LogP contribution in [0.2, 0.25) is 0 Å². The number of benzene rings is 1. The molecule has 1 aliphatic rings. The van der Waals surface area contributed by atoms with Gasteiger partial charge in [-0.15, -0.1) is 0 Å². The second-order valence-corrected chi connectivity index (χ2v) is 8.23. The molecule has 134 valence electrons. The van der Waals surface area contributed by atoms with E-state index in [1.807, 2.05) is 19.1 Å². The van der Waals surface area contributed by atoms with E-state index in [9.17, 15) is 13.2 Å². The number of hydrogen-bond donors (Lipinski definition) is 2. The van der Waals surface area contributed by atoms with Crippen LogP contribution in [0.5, 0.6) is 0 Å². The second-order valence-electron chi connectivity index (χ2n) is 6.53. The Morgan fingerprint density at radius 2 is 1.92 bits per heavy atom. The predicted molar refractivity (Wildman–Crippen MR) is 94.5 cm³/mol. The van der Waals surface area contributed by atoms with E-state index in [2.05, 4.69) is 10.0 Å². The Balaban J connectivity index is 1.97. The van der Waals surface area contributed by atoms with Crippen molar-refractivity contribution in [3.8, 4) is 0 Å². The number of likely N-dealkylation sites (N-methyl/N-ethyl adjacent to an activating group) is 1. The first-order valence-corrected chi connectivity index (χ1v) is 9.74. The molecule has 7 heteroatoms. The number of sulfonamides is 1. The molecule has 0 saturated carbocycles. The quantitative estimate of drug-likeness (QED) is 0.803. The zero-order chi connectivity index (χ0) is 17.9. The largest absolute Gasteiger partial charge is 0.341 e. The summed E-state index contributed by atoms with van der Waals surface area (Å²) in [6.07, 6.45) is 1.10. The number of carbonyl (C=O) groups excluding carboxylic acids is 1. The minimum Gasteiger partial charge on any atom is -0.341 e. The van der Waals surface area contributed by atoms with Gasteiger partial charge in [0.15, 0.2) is 0 Å². The van der Waals surface area contributed by atoms with Gasteiger partial charge in [0, 0.05) is 32.6 Å². The number of rotatable bonds is 6. The maximum Gasteiger partial charge on any atom is 0.241 e. The average Bonchev–Trinajstić information content (AvgIpc) is 2.98. The molecular weight excluding hydrogens is 326 g/mol. The molecule has 0 spiro atoms. The molecule has 6 nitrogen and oxygen atoms in total. The van der Waals surface area contributed by atoms with Gasteiger partial charge in [0.05, 0.1) is 4.90 Å². The molecule has 24 heavy (non-hydrogen) atoms. The lowest BCUT2D eigenvalue weighted by Gasteiger charge is -2.23. The zero-order valence-electron chi connectivity index (χ0n) is 14.8. The fourth-order valence-corrected chi connectivity index (χ4v) is 4.79. The number of carbonyl (C=O) groups is 1. The molecule has 1 heterocycles. The van der Waals surface area contributed by atoms with Gasteiger partial charge in [-0.25, -0.2) is 13.1 Å². The van der Waals surface area contributed by atoms with Crippen molar-refractivity contribution in [2.24, 2.45) is 0 Å². The molecule has 1 atom stereocenters. The molecule has 1 unspecified atom stereocenters. The topological polar surface area (TPSA) is 78.5 Å². The van der Waals surface area contributed by atoms with Crippen LogP contribution in [0.3, 0.4) is 0 Å². The van der Waals surface area contributed by atoms with Crippen LogP contribution in [0.1, 0.15) is 29.5 Å². The Hall–Kier alpha value is -1.44. The highest BCUT2D eigenvalue weighted by Gasteiger charge is 2.24. The first-order valence-electron chi connectivity index (χ1n) is 8.26. The minimum atomic E-state index is -3.61. The van der Waals surface area contributed by atoms with Crippen molar-refractivity contribution in [1.29, 1.82) is 0 Å². The van der Waals surface area contributed by atoms with Gasteiger partial charge in [-0.05, 0) is 44.9 Å². The van der Waals surface area contributed by atoms with Gasteiger partial charge >= 0.3 is 0 Å². The third kappa shape index (κ3) is 4.34. The Labute approximate surface area is 144 Å². The van der Waals surface area contributed by atoms with E-state index in [-0.39, 0.29) is 24.9 Å². The SMILES string of the molecule is Cc1cc(C)c(S(=O)(=O)NCCC(=O)N(C)C2CCNC2)c(C)c1. The second kappa shape index (κ2) is 7.63. The zero-order valence-corrected chi connectivity index (χ0v) is 15.7. The molecular formula is C17H27N3O3S. The molecule has 1 fully saturated rings. The summed E-state index contributed by atoms with van der Waals surface area (Å²) in [5.74, 6) is -0.0382. The normalized spacial score (nSPS) is 17.9. The van der Waals surface area contributed by atoms with Crippen LogP contribution < -0.4 is 10.0 Å². The van der Waals surface area contributed by atoms with Crippen LogP contribution in [-0.4, -0.2) is 51.9 Å². The summed E-state index contributed by atoms with van der Waals surface area (Å²) in [5, 5.41) is 3.22. The van der Waals surface area contributed by atoms with Crippen molar-refractivity contribution < 1.29 is 13.2 Å².